The van der Waals surface area contributed by atoms with Gasteiger partial charge in [0.1, 0.15) is 0 Å². The fourth-order valence-electron chi connectivity index (χ4n) is 1.80. The number of carbonyl (C=O) groups is 1. The van der Waals surface area contributed by atoms with E-state index in [1.807, 2.05) is 30.1 Å². The SMILES string of the molecule is COC(=O)CC(O)CN(C)CCc1ccccc1Br. The van der Waals surface area contributed by atoms with E-state index in [1.165, 1.54) is 12.7 Å². The number of ether oxygens (including phenoxy) is 1. The van der Waals surface area contributed by atoms with Crippen molar-refractivity contribution in [3.05, 3.63) is 34.3 Å². The van der Waals surface area contributed by atoms with Crippen LogP contribution in [0.1, 0.15) is 12.0 Å². The highest BCUT2D eigenvalue weighted by Gasteiger charge is 2.13. The molecule has 1 N–H and O–H groups in total. The molecule has 0 heterocycles. The maximum Gasteiger partial charge on any atom is 0.308 e. The number of carbonyl (C=O) groups excluding carboxylic acids is 1. The Morgan fingerprint density at radius 1 is 1.47 bits per heavy atom. The van der Waals surface area contributed by atoms with Crippen molar-refractivity contribution in [2.75, 3.05) is 27.2 Å². The normalized spacial score (nSPS) is 12.5. The molecule has 0 bridgehead atoms. The van der Waals surface area contributed by atoms with E-state index < -0.39 is 6.10 Å². The number of hydrogen-bond donors (Lipinski definition) is 1. The monoisotopic (exact) mass is 329 g/mol. The molecular formula is C14H20BrNO3. The summed E-state index contributed by atoms with van der Waals surface area (Å²) < 4.78 is 5.62. The van der Waals surface area contributed by atoms with Crippen LogP contribution in [0.25, 0.3) is 0 Å². The van der Waals surface area contributed by atoms with Gasteiger partial charge in [0.25, 0.3) is 0 Å². The van der Waals surface area contributed by atoms with E-state index in [0.29, 0.717) is 6.54 Å². The number of esters is 1. The Hall–Kier alpha value is -0.910. The molecule has 106 valence electrons. The van der Waals surface area contributed by atoms with Crippen LogP contribution in [0, 0.1) is 0 Å². The molecule has 1 aromatic carbocycles. The van der Waals surface area contributed by atoms with Gasteiger partial charge in [0.15, 0.2) is 0 Å². The smallest absolute Gasteiger partial charge is 0.308 e. The van der Waals surface area contributed by atoms with E-state index >= 15 is 0 Å². The van der Waals surface area contributed by atoms with Crippen LogP contribution >= 0.6 is 15.9 Å². The van der Waals surface area contributed by atoms with Crippen LogP contribution in [0.2, 0.25) is 0 Å². The predicted molar refractivity (Wildman–Crippen MR) is 78.0 cm³/mol. The van der Waals surface area contributed by atoms with E-state index in [1.54, 1.807) is 0 Å². The molecule has 0 amide bonds. The van der Waals surface area contributed by atoms with Gasteiger partial charge >= 0.3 is 5.97 Å². The van der Waals surface area contributed by atoms with E-state index in [-0.39, 0.29) is 12.4 Å². The lowest BCUT2D eigenvalue weighted by molar-refractivity contribution is -0.143. The van der Waals surface area contributed by atoms with Crippen LogP contribution < -0.4 is 0 Å². The average Bonchev–Trinajstić information content (AvgIpc) is 2.37. The van der Waals surface area contributed by atoms with Gasteiger partial charge < -0.3 is 14.7 Å². The summed E-state index contributed by atoms with van der Waals surface area (Å²) in [5.41, 5.74) is 1.23. The van der Waals surface area contributed by atoms with Crippen molar-refractivity contribution in [3.63, 3.8) is 0 Å². The second kappa shape index (κ2) is 8.30. The second-order valence-corrected chi connectivity index (χ2v) is 5.39. The number of rotatable bonds is 7. The Morgan fingerprint density at radius 2 is 2.16 bits per heavy atom. The van der Waals surface area contributed by atoms with Crippen molar-refractivity contribution >= 4 is 21.9 Å². The number of aliphatic hydroxyl groups is 1. The molecule has 4 nitrogen and oxygen atoms in total. The number of hydrogen-bond acceptors (Lipinski definition) is 4. The summed E-state index contributed by atoms with van der Waals surface area (Å²) in [4.78, 5) is 13.0. The molecular weight excluding hydrogens is 310 g/mol. The quantitative estimate of drug-likeness (QED) is 0.775. The van der Waals surface area contributed by atoms with Crippen molar-refractivity contribution < 1.29 is 14.6 Å². The van der Waals surface area contributed by atoms with Crippen molar-refractivity contribution in [1.29, 1.82) is 0 Å². The summed E-state index contributed by atoms with van der Waals surface area (Å²) in [6.07, 6.45) is 0.246. The molecule has 0 saturated carbocycles. The molecule has 0 radical (unpaired) electrons. The molecule has 5 heteroatoms. The minimum atomic E-state index is -0.684. The van der Waals surface area contributed by atoms with E-state index in [9.17, 15) is 9.90 Å². The van der Waals surface area contributed by atoms with Gasteiger partial charge in [0.05, 0.1) is 19.6 Å². The fraction of sp³-hybridized carbons (Fsp3) is 0.500. The molecule has 0 fully saturated rings. The Kier molecular flexibility index (Phi) is 7.05. The molecule has 1 rings (SSSR count). The zero-order valence-electron chi connectivity index (χ0n) is 11.3. The van der Waals surface area contributed by atoms with Gasteiger partial charge in [0, 0.05) is 17.6 Å². The van der Waals surface area contributed by atoms with Crippen LogP contribution in [0.4, 0.5) is 0 Å². The van der Waals surface area contributed by atoms with Crippen molar-refractivity contribution in [2.24, 2.45) is 0 Å². The number of likely N-dealkylation sites (N-methyl/N-ethyl adjacent to an activating group) is 1. The molecule has 0 saturated heterocycles. The lowest BCUT2D eigenvalue weighted by atomic mass is 10.1. The summed E-state index contributed by atoms with van der Waals surface area (Å²) in [5.74, 6) is -0.383. The number of benzene rings is 1. The number of nitrogens with zero attached hydrogens (tertiary/aromatic N) is 1. The molecule has 1 atom stereocenters. The Balaban J connectivity index is 2.33. The number of aliphatic hydroxyl groups excluding tert-OH is 1. The third-order valence-corrected chi connectivity index (χ3v) is 3.65. The third kappa shape index (κ3) is 6.18. The van der Waals surface area contributed by atoms with Crippen LogP contribution in [-0.4, -0.2) is 49.3 Å². The highest BCUT2D eigenvalue weighted by Crippen LogP contribution is 2.16. The third-order valence-electron chi connectivity index (χ3n) is 2.87. The fourth-order valence-corrected chi connectivity index (χ4v) is 2.29. The highest BCUT2D eigenvalue weighted by atomic mass is 79.9. The average molecular weight is 330 g/mol. The van der Waals surface area contributed by atoms with Crippen molar-refractivity contribution in [3.8, 4) is 0 Å². The molecule has 0 aromatic heterocycles. The van der Waals surface area contributed by atoms with Crippen molar-refractivity contribution in [1.82, 2.24) is 4.90 Å². The molecule has 1 aromatic rings. The Bertz CT molecular complexity index is 411. The second-order valence-electron chi connectivity index (χ2n) is 4.54. The maximum absolute atomic E-state index is 11.0. The molecule has 0 aliphatic heterocycles. The van der Waals surface area contributed by atoms with E-state index in [4.69, 9.17) is 0 Å². The van der Waals surface area contributed by atoms with Gasteiger partial charge in [0.2, 0.25) is 0 Å². The first kappa shape index (κ1) is 16.1. The largest absolute Gasteiger partial charge is 0.469 e. The van der Waals surface area contributed by atoms with E-state index in [0.717, 1.165) is 17.4 Å². The zero-order chi connectivity index (χ0) is 14.3. The lowest BCUT2D eigenvalue weighted by Gasteiger charge is -2.20. The van der Waals surface area contributed by atoms with Gasteiger partial charge in [-0.1, -0.05) is 34.1 Å². The minimum absolute atomic E-state index is 0.0376. The van der Waals surface area contributed by atoms with Crippen LogP contribution in [-0.2, 0) is 16.0 Å². The first-order chi connectivity index (χ1) is 9.02. The molecule has 19 heavy (non-hydrogen) atoms. The van der Waals surface area contributed by atoms with Gasteiger partial charge in [-0.2, -0.15) is 0 Å². The summed E-state index contributed by atoms with van der Waals surface area (Å²) in [5, 5.41) is 9.72. The predicted octanol–water partition coefficient (Wildman–Crippen LogP) is 1.85. The standard InChI is InChI=1S/C14H20BrNO3/c1-16(10-12(17)9-14(18)19-2)8-7-11-5-3-4-6-13(11)15/h3-6,12,17H,7-10H2,1-2H3. The lowest BCUT2D eigenvalue weighted by Crippen LogP contribution is -2.32. The van der Waals surface area contributed by atoms with Crippen LogP contribution in [0.5, 0.6) is 0 Å². The van der Waals surface area contributed by atoms with E-state index in [2.05, 4.69) is 26.7 Å². The number of halogens is 1. The zero-order valence-corrected chi connectivity index (χ0v) is 12.9. The Morgan fingerprint density at radius 3 is 2.79 bits per heavy atom. The first-order valence-electron chi connectivity index (χ1n) is 6.19. The summed E-state index contributed by atoms with van der Waals surface area (Å²) in [6.45, 7) is 1.28. The van der Waals surface area contributed by atoms with Gasteiger partial charge in [-0.05, 0) is 25.1 Å². The molecule has 1 unspecified atom stereocenters. The maximum atomic E-state index is 11.0. The molecule has 0 aliphatic rings. The summed E-state index contributed by atoms with van der Waals surface area (Å²) >= 11 is 3.51. The summed E-state index contributed by atoms with van der Waals surface area (Å²) in [7, 11) is 3.25. The summed E-state index contributed by atoms with van der Waals surface area (Å²) in [6, 6.07) is 8.08. The Labute approximate surface area is 122 Å². The van der Waals surface area contributed by atoms with Gasteiger partial charge in [-0.25, -0.2) is 0 Å². The molecule has 0 spiro atoms. The van der Waals surface area contributed by atoms with Crippen molar-refractivity contribution in [2.45, 2.75) is 18.9 Å². The first-order valence-corrected chi connectivity index (χ1v) is 6.99. The highest BCUT2D eigenvalue weighted by molar-refractivity contribution is 9.10. The van der Waals surface area contributed by atoms with Crippen LogP contribution in [0.15, 0.2) is 28.7 Å². The number of methoxy groups -OCH3 is 1. The molecule has 0 aliphatic carbocycles. The van der Waals surface area contributed by atoms with Crippen LogP contribution in [0.3, 0.4) is 0 Å². The van der Waals surface area contributed by atoms with Gasteiger partial charge in [-0.15, -0.1) is 0 Å². The minimum Gasteiger partial charge on any atom is -0.469 e. The van der Waals surface area contributed by atoms with Gasteiger partial charge in [-0.3, -0.25) is 4.79 Å². The topological polar surface area (TPSA) is 49.8 Å².